The molecule has 0 fully saturated rings. The molecule has 52 heavy (non-hydrogen) atoms. The Morgan fingerprint density at radius 1 is 0.365 bits per heavy atom. The molecule has 0 saturated carbocycles. The quantitative estimate of drug-likeness (QED) is 0.0792. The highest BCUT2D eigenvalue weighted by Gasteiger charge is 2.38. The molecule has 6 nitrogen and oxygen atoms in total. The number of hydrogen-bond acceptors (Lipinski definition) is 4. The number of benzene rings is 7. The predicted molar refractivity (Wildman–Crippen MR) is 179 cm³/mol. The third kappa shape index (κ3) is 4.46. The zero-order chi connectivity index (χ0) is 36.4. The average Bonchev–Trinajstić information content (AvgIpc) is 3.12. The summed E-state index contributed by atoms with van der Waals surface area (Å²) >= 11 is 0. The highest BCUT2D eigenvalue weighted by Crippen LogP contribution is 2.46. The maximum atomic E-state index is 13.8. The van der Waals surface area contributed by atoms with E-state index in [1.165, 1.54) is 24.3 Å². The molecule has 12 heteroatoms. The number of nitrogens with zero attached hydrogens (tertiary/aromatic N) is 2. The molecule has 2 heterocycles. The van der Waals surface area contributed by atoms with Crippen LogP contribution in [0, 0.1) is 0 Å². The molecule has 9 rings (SSSR count). The van der Waals surface area contributed by atoms with E-state index in [2.05, 4.69) is 0 Å². The largest absolute Gasteiger partial charge is 0.416 e. The van der Waals surface area contributed by atoms with Crippen LogP contribution in [-0.4, -0.2) is 33.4 Å². The van der Waals surface area contributed by atoms with Crippen LogP contribution in [0.2, 0.25) is 0 Å². The van der Waals surface area contributed by atoms with Gasteiger partial charge in [-0.3, -0.25) is 29.0 Å². The first-order valence-corrected chi connectivity index (χ1v) is 16.0. The number of carbonyl (C=O) groups excluding carboxylic acids is 4. The van der Waals surface area contributed by atoms with E-state index in [0.29, 0.717) is 54.2 Å². The fourth-order valence-electron chi connectivity index (χ4n) is 7.62. The van der Waals surface area contributed by atoms with Gasteiger partial charge in [0.15, 0.2) is 0 Å². The smallest absolute Gasteiger partial charge is 0.270 e. The van der Waals surface area contributed by atoms with Crippen LogP contribution < -0.4 is 0 Å². The van der Waals surface area contributed by atoms with Gasteiger partial charge >= 0.3 is 12.4 Å². The predicted octanol–water partition coefficient (Wildman–Crippen LogP) is 9.37. The first kappa shape index (κ1) is 31.7. The maximum Gasteiger partial charge on any atom is 0.416 e. The second kappa shape index (κ2) is 10.6. The molecule has 0 aliphatic carbocycles. The van der Waals surface area contributed by atoms with Gasteiger partial charge in [-0.2, -0.15) is 26.3 Å². The minimum Gasteiger partial charge on any atom is -0.270 e. The lowest BCUT2D eigenvalue weighted by Crippen LogP contribution is -2.40. The number of rotatable bonds is 4. The van der Waals surface area contributed by atoms with Crippen LogP contribution in [0.25, 0.3) is 43.1 Å². The minimum atomic E-state index is -4.53. The zero-order valence-electron chi connectivity index (χ0n) is 26.4. The molecule has 0 N–H and O–H groups in total. The standard InChI is InChI=1S/C40H20F6N2O4/c41-39(42,43)21-5-1-19(2-6-21)17-47-35(49)27-13-9-23-25-11-15-29-34-30(16-12-26(32(25)34)24-10-14-28(36(47)50)33(27)31(23)24)38(52)48(37(29)51)18-20-3-7-22(8-4-20)40(44,45)46/h1-16H,17-18H2. The van der Waals surface area contributed by atoms with Gasteiger partial charge in [0.2, 0.25) is 0 Å². The Labute approximate surface area is 288 Å². The van der Waals surface area contributed by atoms with Crippen molar-refractivity contribution in [3.05, 3.63) is 142 Å². The van der Waals surface area contributed by atoms with Crippen molar-refractivity contribution in [2.24, 2.45) is 0 Å². The molecule has 2 aliphatic heterocycles. The molecule has 0 aromatic heterocycles. The number of alkyl halides is 6. The van der Waals surface area contributed by atoms with Crippen molar-refractivity contribution in [2.75, 3.05) is 0 Å². The van der Waals surface area contributed by atoms with Crippen LogP contribution in [0.4, 0.5) is 26.3 Å². The molecular formula is C40H20F6N2O4. The number of imide groups is 2. The van der Waals surface area contributed by atoms with E-state index in [-0.39, 0.29) is 35.3 Å². The van der Waals surface area contributed by atoms with Gasteiger partial charge < -0.3 is 0 Å². The maximum absolute atomic E-state index is 13.8. The normalized spacial score (nSPS) is 15.0. The summed E-state index contributed by atoms with van der Waals surface area (Å²) in [6, 6.07) is 21.9. The Morgan fingerprint density at radius 3 is 0.885 bits per heavy atom. The number of hydrogen-bond donors (Lipinski definition) is 0. The first-order valence-electron chi connectivity index (χ1n) is 16.0. The summed E-state index contributed by atoms with van der Waals surface area (Å²) in [6.45, 7) is -0.461. The Kier molecular flexibility index (Phi) is 6.46. The van der Waals surface area contributed by atoms with Gasteiger partial charge in [0.1, 0.15) is 0 Å². The summed E-state index contributed by atoms with van der Waals surface area (Å²) in [7, 11) is 0. The molecule has 7 aromatic carbocycles. The lowest BCUT2D eigenvalue weighted by atomic mass is 9.82. The molecule has 0 radical (unpaired) electrons. The summed E-state index contributed by atoms with van der Waals surface area (Å²) in [5, 5.41) is 4.85. The molecule has 0 spiro atoms. The summed E-state index contributed by atoms with van der Waals surface area (Å²) < 4.78 is 78.6. The lowest BCUT2D eigenvalue weighted by Gasteiger charge is -2.30. The van der Waals surface area contributed by atoms with Gasteiger partial charge in [0.05, 0.1) is 24.2 Å². The molecule has 0 saturated heterocycles. The Morgan fingerprint density at radius 2 is 0.635 bits per heavy atom. The van der Waals surface area contributed by atoms with E-state index in [1.807, 2.05) is 0 Å². The van der Waals surface area contributed by atoms with E-state index < -0.39 is 47.1 Å². The number of amides is 4. The molecule has 0 atom stereocenters. The highest BCUT2D eigenvalue weighted by atomic mass is 19.4. The fourth-order valence-corrected chi connectivity index (χ4v) is 7.62. The second-order valence-corrected chi connectivity index (χ2v) is 12.9. The summed E-state index contributed by atoms with van der Waals surface area (Å²) in [5.74, 6) is -2.38. The average molecular weight is 707 g/mol. The van der Waals surface area contributed by atoms with Crippen LogP contribution in [-0.2, 0) is 25.4 Å². The van der Waals surface area contributed by atoms with Crippen LogP contribution in [0.3, 0.4) is 0 Å². The van der Waals surface area contributed by atoms with Gasteiger partial charge in [0.25, 0.3) is 23.6 Å². The van der Waals surface area contributed by atoms with E-state index in [1.54, 1.807) is 48.5 Å². The van der Waals surface area contributed by atoms with Crippen molar-refractivity contribution in [2.45, 2.75) is 25.4 Å². The SMILES string of the molecule is O=C1c2ccc3c4ccc5c6c(ccc(c7ccc(c2c37)C(=O)N1Cc1ccc(C(F)(F)F)cc1)c64)C(=O)N(Cc1ccc(C(F)(F)F)cc1)C5=O. The topological polar surface area (TPSA) is 74.8 Å². The number of carbonyl (C=O) groups is 4. The van der Waals surface area contributed by atoms with Crippen molar-refractivity contribution in [3.63, 3.8) is 0 Å². The van der Waals surface area contributed by atoms with Crippen molar-refractivity contribution in [3.8, 4) is 0 Å². The van der Waals surface area contributed by atoms with Gasteiger partial charge in [-0.25, -0.2) is 0 Å². The highest BCUT2D eigenvalue weighted by molar-refractivity contribution is 6.41. The van der Waals surface area contributed by atoms with E-state index in [9.17, 15) is 45.5 Å². The van der Waals surface area contributed by atoms with Crippen LogP contribution in [0.5, 0.6) is 0 Å². The third-order valence-corrected chi connectivity index (χ3v) is 10.0. The second-order valence-electron chi connectivity index (χ2n) is 12.9. The van der Waals surface area contributed by atoms with Gasteiger partial charge in [-0.1, -0.05) is 48.5 Å². The van der Waals surface area contributed by atoms with Crippen LogP contribution in [0.15, 0.2) is 97.1 Å². The summed E-state index contributed by atoms with van der Waals surface area (Å²) in [6.07, 6.45) is -9.06. The first-order chi connectivity index (χ1) is 24.7. The summed E-state index contributed by atoms with van der Waals surface area (Å²) in [4.78, 5) is 57.4. The minimum absolute atomic E-state index is 0.230. The van der Waals surface area contributed by atoms with E-state index >= 15 is 0 Å². The fraction of sp³-hybridized carbons (Fsp3) is 0.100. The molecular weight excluding hydrogens is 686 g/mol. The third-order valence-electron chi connectivity index (χ3n) is 10.0. The van der Waals surface area contributed by atoms with Gasteiger partial charge in [-0.15, -0.1) is 0 Å². The molecule has 2 aliphatic rings. The van der Waals surface area contributed by atoms with Crippen molar-refractivity contribution in [1.82, 2.24) is 9.80 Å². The molecule has 0 unspecified atom stereocenters. The number of halogens is 6. The van der Waals surface area contributed by atoms with Gasteiger partial charge in [-0.05, 0) is 92.0 Å². The van der Waals surface area contributed by atoms with E-state index in [4.69, 9.17) is 0 Å². The number of fused-ring (bicyclic) bond motifs is 2. The summed E-state index contributed by atoms with van der Waals surface area (Å²) in [5.41, 5.74) is 0.00406. The zero-order valence-corrected chi connectivity index (χ0v) is 26.4. The van der Waals surface area contributed by atoms with Gasteiger partial charge in [0, 0.05) is 33.0 Å². The molecule has 256 valence electrons. The van der Waals surface area contributed by atoms with Crippen molar-refractivity contribution < 1.29 is 45.5 Å². The molecule has 0 bridgehead atoms. The van der Waals surface area contributed by atoms with E-state index in [0.717, 1.165) is 34.1 Å². The monoisotopic (exact) mass is 706 g/mol. The van der Waals surface area contributed by atoms with Crippen molar-refractivity contribution in [1.29, 1.82) is 0 Å². The molecule has 7 aromatic rings. The van der Waals surface area contributed by atoms with Crippen molar-refractivity contribution >= 4 is 66.7 Å². The lowest BCUT2D eigenvalue weighted by molar-refractivity contribution is -0.138. The Bertz CT molecular complexity index is 2430. The Balaban J connectivity index is 1.14. The van der Waals surface area contributed by atoms with Crippen LogP contribution >= 0.6 is 0 Å². The Hall–Kier alpha value is -6.30. The van der Waals surface area contributed by atoms with Crippen LogP contribution in [0.1, 0.15) is 63.7 Å². The molecule has 4 amide bonds.